The highest BCUT2D eigenvalue weighted by Gasteiger charge is 2.46. The van der Waals surface area contributed by atoms with Crippen molar-refractivity contribution in [2.24, 2.45) is 27.6 Å². The third kappa shape index (κ3) is 31.5. The minimum atomic E-state index is -2.04. The van der Waals surface area contributed by atoms with Crippen LogP contribution in [0, 0.1) is 27.6 Å². The molecule has 0 saturated heterocycles. The summed E-state index contributed by atoms with van der Waals surface area (Å²) in [6.07, 6.45) is 7.43. The lowest BCUT2D eigenvalue weighted by molar-refractivity contribution is -0.167. The van der Waals surface area contributed by atoms with Gasteiger partial charge in [-0.15, -0.1) is 0 Å². The second kappa shape index (κ2) is 36.1. The highest BCUT2D eigenvalue weighted by Crippen LogP contribution is 2.44. The van der Waals surface area contributed by atoms with Gasteiger partial charge in [0.15, 0.2) is 16.6 Å². The fraction of sp³-hybridized carbons (Fsp3) is 0.714. The zero-order chi connectivity index (χ0) is 66.6. The van der Waals surface area contributed by atoms with Crippen LogP contribution in [-0.2, 0) is 80.2 Å². The molecule has 0 bridgehead atoms. The van der Waals surface area contributed by atoms with Crippen molar-refractivity contribution < 1.29 is 94.6 Å². The molecule has 23 nitrogen and oxygen atoms in total. The minimum Gasteiger partial charge on any atom is -0.462 e. The summed E-state index contributed by atoms with van der Waals surface area (Å²) >= 11 is 0. The van der Waals surface area contributed by atoms with Gasteiger partial charge in [0.05, 0.1) is 37.3 Å². The van der Waals surface area contributed by atoms with Crippen LogP contribution in [0.15, 0.2) is 63.3 Å². The predicted molar refractivity (Wildman–Crippen MR) is 336 cm³/mol. The first-order valence-electron chi connectivity index (χ1n) is 30.2. The van der Waals surface area contributed by atoms with E-state index in [1.165, 1.54) is 0 Å². The summed E-state index contributed by atoms with van der Waals surface area (Å²) < 4.78 is 68.8. The molecule has 0 aromatic carbocycles. The lowest BCUT2D eigenvalue weighted by atomic mass is 9.65. The van der Waals surface area contributed by atoms with Gasteiger partial charge in [-0.3, -0.25) is 0 Å². The molecule has 88 heavy (non-hydrogen) atoms. The zero-order valence-electron chi connectivity index (χ0n) is 55.0. The third-order valence-corrected chi connectivity index (χ3v) is 22.4. The van der Waals surface area contributed by atoms with Crippen LogP contribution in [0.25, 0.3) is 0 Å². The average molecular weight is 1280 g/mol. The Morgan fingerprint density at radius 1 is 0.489 bits per heavy atom. The van der Waals surface area contributed by atoms with Crippen LogP contribution in [0.4, 0.5) is 14.4 Å². The van der Waals surface area contributed by atoms with E-state index in [-0.39, 0.29) is 30.1 Å². The van der Waals surface area contributed by atoms with Crippen molar-refractivity contribution in [3.63, 3.8) is 0 Å². The maximum absolute atomic E-state index is 13.8. The first-order chi connectivity index (χ1) is 40.9. The van der Waals surface area contributed by atoms with Crippen LogP contribution in [-0.4, -0.2) is 173 Å². The molecule has 0 aromatic heterocycles. The molecule has 3 amide bonds. The fourth-order valence-electron chi connectivity index (χ4n) is 12.1. The van der Waals surface area contributed by atoms with E-state index >= 15 is 0 Å². The van der Waals surface area contributed by atoms with Gasteiger partial charge in [-0.25, -0.2) is 38.4 Å². The summed E-state index contributed by atoms with van der Waals surface area (Å²) in [6.45, 7) is 41.4. The van der Waals surface area contributed by atoms with E-state index < -0.39 is 152 Å². The maximum Gasteiger partial charge on any atom is 0.407 e. The number of hydrogen-bond acceptors (Lipinski definition) is 20. The van der Waals surface area contributed by atoms with E-state index in [1.54, 1.807) is 6.92 Å². The van der Waals surface area contributed by atoms with E-state index in [4.69, 9.17) is 56.2 Å². The van der Waals surface area contributed by atoms with Crippen LogP contribution in [0.3, 0.4) is 0 Å². The molecular weight excluding hydrogens is 1170 g/mol. The predicted octanol–water partition coefficient (Wildman–Crippen LogP) is 9.76. The molecule has 0 heterocycles. The van der Waals surface area contributed by atoms with Crippen molar-refractivity contribution in [3.05, 3.63) is 63.3 Å². The smallest absolute Gasteiger partial charge is 0.407 e. The van der Waals surface area contributed by atoms with Gasteiger partial charge in [-0.05, 0) is 134 Å². The second-order valence-corrected chi connectivity index (χ2v) is 36.2. The van der Waals surface area contributed by atoms with Crippen LogP contribution in [0.2, 0.25) is 38.3 Å². The summed E-state index contributed by atoms with van der Waals surface area (Å²) in [5.74, 6) is -3.82. The van der Waals surface area contributed by atoms with E-state index in [0.717, 1.165) is 74.6 Å². The normalized spacial score (nSPS) is 20.6. The lowest BCUT2D eigenvalue weighted by Crippen LogP contribution is -2.58. The summed E-state index contributed by atoms with van der Waals surface area (Å²) in [7, 11) is -4.06. The molecule has 25 heteroatoms. The maximum atomic E-state index is 13.8. The third-order valence-electron chi connectivity index (χ3n) is 14.8. The summed E-state index contributed by atoms with van der Waals surface area (Å²) in [6, 6.07) is 1.28. The number of esters is 5. The van der Waals surface area contributed by atoms with Crippen LogP contribution in [0.5, 0.6) is 0 Å². The molecule has 0 aromatic rings. The number of alkyl carbamates (subject to hydrolysis) is 3. The topological polar surface area (TPSA) is 283 Å². The number of rotatable bonds is 40. The Kier molecular flexibility index (Phi) is 32.1. The molecule has 500 valence electrons. The number of ether oxygens (including phenoxy) is 11. The molecule has 2 aliphatic rings. The first-order valence-corrected chi connectivity index (χ1v) is 36.4. The quantitative estimate of drug-likeness (QED) is 0.0169. The Morgan fingerprint density at radius 3 is 1.18 bits per heavy atom. The number of carbonyl (C=O) groups excluding carboxylic acids is 8. The van der Waals surface area contributed by atoms with Gasteiger partial charge in [0, 0.05) is 60.7 Å². The van der Waals surface area contributed by atoms with Gasteiger partial charge in [0.1, 0.15) is 51.8 Å². The van der Waals surface area contributed by atoms with Gasteiger partial charge in [0.2, 0.25) is 0 Å². The van der Waals surface area contributed by atoms with E-state index in [9.17, 15) is 38.4 Å². The molecule has 3 N–H and O–H groups in total. The monoisotopic (exact) mass is 1280 g/mol. The van der Waals surface area contributed by atoms with Crippen molar-refractivity contribution in [1.29, 1.82) is 0 Å². The Morgan fingerprint density at radius 2 is 0.830 bits per heavy atom. The number of nitrogens with one attached hydrogen (secondary N) is 3. The van der Waals surface area contributed by atoms with Crippen molar-refractivity contribution in [2.75, 3.05) is 79.3 Å². The number of hydrogen-bond donors (Lipinski definition) is 3. The molecule has 0 aliphatic heterocycles. The summed E-state index contributed by atoms with van der Waals surface area (Å²) in [5, 5.41) is 9.05. The summed E-state index contributed by atoms with van der Waals surface area (Å²) in [4.78, 5) is 102. The molecule has 2 rings (SSSR count). The summed E-state index contributed by atoms with van der Waals surface area (Å²) in [5.41, 5.74) is -4.62. The molecule has 0 spiro atoms. The van der Waals surface area contributed by atoms with Crippen LogP contribution < -0.4 is 16.0 Å². The molecule has 6 unspecified atom stereocenters. The Labute approximate surface area is 524 Å². The molecule has 0 radical (unpaired) electrons. The standard InChI is InChI=1S/C63H105N3O20Si2/c1-19-50(67)78-40-62(41-79-51(68)20-2,42-80-52(69)21-3)38-77-39-63(43-81-53(70)22-4,44-82-54(71)23-5)45-83-55(72)64-49-32-59(11,12)37-61(14,33-49)66-57(74)85-48(8)35-76-27-25-29-88(17,18)86-87(15,16)28-24-26-75-34-47(7)84-56(73)65-60(13)31-46(6)30-58(9,10)36-60/h19-23,46-49H,1-5,24-45H2,6-18H3,(H,64,72)(H,65,73)(H,66,74). The van der Waals surface area contributed by atoms with Crippen molar-refractivity contribution >= 4 is 64.8 Å². The van der Waals surface area contributed by atoms with E-state index in [2.05, 4.69) is 103 Å². The second-order valence-electron chi connectivity index (χ2n) is 27.4. The van der Waals surface area contributed by atoms with Gasteiger partial charge >= 0.3 is 48.1 Å². The molecule has 6 atom stereocenters. The van der Waals surface area contributed by atoms with Gasteiger partial charge < -0.3 is 72.2 Å². The lowest BCUT2D eigenvalue weighted by Gasteiger charge is -2.46. The first kappa shape index (κ1) is 78.2. The Hall–Kier alpha value is -5.87. The van der Waals surface area contributed by atoms with E-state index in [1.807, 2.05) is 27.7 Å². The molecule has 2 fully saturated rings. The SMILES string of the molecule is C=CC(=O)OCC(COCC(COC(=O)C=C)(COC(=O)C=C)COC(=O)NC1CC(C)(C)CC(C)(NC(=O)OC(C)COCCC[Si](C)(C)O[Si](C)(C)CCCOCC(C)OC(=O)NC2(C)CC(C)CC(C)(C)C2)C1)(COC(=O)C=C)COC(=O)C=C. The van der Waals surface area contributed by atoms with Gasteiger partial charge in [0.25, 0.3) is 0 Å². The van der Waals surface area contributed by atoms with Crippen LogP contribution >= 0.6 is 0 Å². The molecule has 2 saturated carbocycles. The van der Waals surface area contributed by atoms with Gasteiger partial charge in [-0.2, -0.15) is 0 Å². The number of amides is 3. The van der Waals surface area contributed by atoms with Crippen molar-refractivity contribution in [2.45, 2.75) is 181 Å². The van der Waals surface area contributed by atoms with Crippen molar-refractivity contribution in [1.82, 2.24) is 16.0 Å². The van der Waals surface area contributed by atoms with Crippen molar-refractivity contribution in [3.8, 4) is 0 Å². The highest BCUT2D eigenvalue weighted by molar-refractivity contribution is 6.84. The average Bonchev–Trinajstić information content (AvgIpc) is 2.01. The molecule has 2 aliphatic carbocycles. The Bertz CT molecular complexity index is 2300. The fourth-order valence-corrected chi connectivity index (χ4v) is 20.9. The minimum absolute atomic E-state index is 0.158. The highest BCUT2D eigenvalue weighted by atomic mass is 28.4. The van der Waals surface area contributed by atoms with Gasteiger partial charge in [-0.1, -0.05) is 67.5 Å². The van der Waals surface area contributed by atoms with E-state index in [0.29, 0.717) is 38.6 Å². The largest absolute Gasteiger partial charge is 0.462 e. The molecular formula is C63H105N3O20Si2. The number of carbonyl (C=O) groups is 8. The zero-order valence-corrected chi connectivity index (χ0v) is 57.0. The Balaban J connectivity index is 1.99. The van der Waals surface area contributed by atoms with Crippen LogP contribution in [0.1, 0.15) is 114 Å².